The van der Waals surface area contributed by atoms with Gasteiger partial charge in [0, 0.05) is 10.6 Å². The monoisotopic (exact) mass is 306 g/mol. The van der Waals surface area contributed by atoms with Gasteiger partial charge in [0.15, 0.2) is 0 Å². The third-order valence-electron chi connectivity index (χ3n) is 3.03. The molecule has 2 aromatic rings. The van der Waals surface area contributed by atoms with E-state index in [-0.39, 0.29) is 6.61 Å². The molecule has 1 N–H and O–H groups in total. The van der Waals surface area contributed by atoms with Crippen molar-refractivity contribution in [2.24, 2.45) is 0 Å². The molecule has 4 nitrogen and oxygen atoms in total. The van der Waals surface area contributed by atoms with Crippen LogP contribution in [0.4, 0.5) is 0 Å². The Hall–Kier alpha value is -2.20. The standard InChI is InChI=1S/C16H15ClO4/c1-20-15-8-3-2-7-13(15)14(16(18)19)10-21-12-6-4-5-11(17)9-12/h2-9,14H,10H2,1H3,(H,18,19). The molecule has 0 amide bonds. The molecule has 0 heterocycles. The predicted octanol–water partition coefficient (Wildman–Crippen LogP) is 3.60. The van der Waals surface area contributed by atoms with Gasteiger partial charge in [-0.3, -0.25) is 4.79 Å². The smallest absolute Gasteiger partial charge is 0.314 e. The summed E-state index contributed by atoms with van der Waals surface area (Å²) < 4.78 is 10.8. The summed E-state index contributed by atoms with van der Waals surface area (Å²) >= 11 is 5.87. The van der Waals surface area contributed by atoms with Crippen molar-refractivity contribution < 1.29 is 19.4 Å². The number of carbonyl (C=O) groups is 1. The van der Waals surface area contributed by atoms with Crippen molar-refractivity contribution in [2.75, 3.05) is 13.7 Å². The van der Waals surface area contributed by atoms with Gasteiger partial charge in [-0.2, -0.15) is 0 Å². The summed E-state index contributed by atoms with van der Waals surface area (Å²) in [4.78, 5) is 11.5. The minimum absolute atomic E-state index is 0.00392. The number of carboxylic acid groups (broad SMARTS) is 1. The molecule has 0 radical (unpaired) electrons. The fourth-order valence-electron chi connectivity index (χ4n) is 1.98. The fraction of sp³-hybridized carbons (Fsp3) is 0.188. The lowest BCUT2D eigenvalue weighted by Gasteiger charge is -2.17. The average Bonchev–Trinajstić information content (AvgIpc) is 2.47. The van der Waals surface area contributed by atoms with E-state index in [9.17, 15) is 9.90 Å². The number of halogens is 1. The van der Waals surface area contributed by atoms with Crippen molar-refractivity contribution in [3.8, 4) is 11.5 Å². The Bertz CT molecular complexity index is 627. The van der Waals surface area contributed by atoms with Crippen molar-refractivity contribution in [1.82, 2.24) is 0 Å². The van der Waals surface area contributed by atoms with Gasteiger partial charge in [-0.05, 0) is 24.3 Å². The lowest BCUT2D eigenvalue weighted by Crippen LogP contribution is -2.20. The van der Waals surface area contributed by atoms with Crippen molar-refractivity contribution >= 4 is 17.6 Å². The fourth-order valence-corrected chi connectivity index (χ4v) is 2.17. The Labute approximate surface area is 127 Å². The number of methoxy groups -OCH3 is 1. The van der Waals surface area contributed by atoms with E-state index in [0.717, 1.165) is 0 Å². The molecule has 0 saturated carbocycles. The number of rotatable bonds is 6. The number of carboxylic acids is 1. The molecule has 0 saturated heterocycles. The van der Waals surface area contributed by atoms with Gasteiger partial charge in [-0.15, -0.1) is 0 Å². The zero-order valence-corrected chi connectivity index (χ0v) is 12.2. The van der Waals surface area contributed by atoms with Crippen molar-refractivity contribution in [2.45, 2.75) is 5.92 Å². The maximum Gasteiger partial charge on any atom is 0.314 e. The van der Waals surface area contributed by atoms with Crippen LogP contribution < -0.4 is 9.47 Å². The molecule has 0 spiro atoms. The number of benzene rings is 2. The highest BCUT2D eigenvalue weighted by Crippen LogP contribution is 2.28. The molecule has 1 atom stereocenters. The van der Waals surface area contributed by atoms with E-state index in [1.807, 2.05) is 0 Å². The van der Waals surface area contributed by atoms with Crippen LogP contribution in [-0.4, -0.2) is 24.8 Å². The Morgan fingerprint density at radius 3 is 2.67 bits per heavy atom. The highest BCUT2D eigenvalue weighted by molar-refractivity contribution is 6.30. The molecule has 0 bridgehead atoms. The van der Waals surface area contributed by atoms with Gasteiger partial charge >= 0.3 is 5.97 Å². The average molecular weight is 307 g/mol. The van der Waals surface area contributed by atoms with Gasteiger partial charge in [-0.1, -0.05) is 35.9 Å². The Balaban J connectivity index is 2.18. The van der Waals surface area contributed by atoms with Gasteiger partial charge in [0.25, 0.3) is 0 Å². The molecule has 0 fully saturated rings. The van der Waals surface area contributed by atoms with Crippen LogP contribution in [0.5, 0.6) is 11.5 Å². The van der Waals surface area contributed by atoms with Gasteiger partial charge in [-0.25, -0.2) is 0 Å². The minimum Gasteiger partial charge on any atom is -0.496 e. The van der Waals surface area contributed by atoms with Crippen molar-refractivity contribution in [3.63, 3.8) is 0 Å². The molecular formula is C16H15ClO4. The zero-order valence-electron chi connectivity index (χ0n) is 11.5. The summed E-state index contributed by atoms with van der Waals surface area (Å²) in [5, 5.41) is 9.96. The minimum atomic E-state index is -0.971. The molecule has 1 unspecified atom stereocenters. The van der Waals surface area contributed by atoms with E-state index >= 15 is 0 Å². The number of aliphatic carboxylic acids is 1. The van der Waals surface area contributed by atoms with Crippen LogP contribution in [0.3, 0.4) is 0 Å². The van der Waals surface area contributed by atoms with Crippen molar-refractivity contribution in [1.29, 1.82) is 0 Å². The first-order valence-electron chi connectivity index (χ1n) is 6.36. The maximum absolute atomic E-state index is 11.5. The van der Waals surface area contributed by atoms with Crippen LogP contribution in [-0.2, 0) is 4.79 Å². The molecule has 5 heteroatoms. The second kappa shape index (κ2) is 6.99. The van der Waals surface area contributed by atoms with E-state index in [4.69, 9.17) is 21.1 Å². The quantitative estimate of drug-likeness (QED) is 0.886. The largest absolute Gasteiger partial charge is 0.496 e. The van der Waals surface area contributed by atoms with E-state index in [2.05, 4.69) is 0 Å². The van der Waals surface area contributed by atoms with Gasteiger partial charge in [0.05, 0.1) is 7.11 Å². The van der Waals surface area contributed by atoms with Crippen LogP contribution >= 0.6 is 11.6 Å². The van der Waals surface area contributed by atoms with Crippen LogP contribution in [0.25, 0.3) is 0 Å². The lowest BCUT2D eigenvalue weighted by atomic mass is 9.99. The summed E-state index contributed by atoms with van der Waals surface area (Å²) in [6.07, 6.45) is 0. The zero-order chi connectivity index (χ0) is 15.2. The Morgan fingerprint density at radius 1 is 1.24 bits per heavy atom. The SMILES string of the molecule is COc1ccccc1C(COc1cccc(Cl)c1)C(=O)O. The van der Waals surface area contributed by atoms with Crippen LogP contribution in [0.1, 0.15) is 11.5 Å². The molecule has 2 rings (SSSR count). The summed E-state index contributed by atoms with van der Waals surface area (Å²) in [6.45, 7) is -0.00392. The first kappa shape index (κ1) is 15.2. The summed E-state index contributed by atoms with van der Waals surface area (Å²) in [5.74, 6) is -0.732. The molecule has 2 aromatic carbocycles. The molecular weight excluding hydrogens is 292 g/mol. The third-order valence-corrected chi connectivity index (χ3v) is 3.26. The topological polar surface area (TPSA) is 55.8 Å². The van der Waals surface area contributed by atoms with Crippen LogP contribution in [0, 0.1) is 0 Å². The highest BCUT2D eigenvalue weighted by atomic mass is 35.5. The van der Waals surface area contributed by atoms with E-state index in [1.54, 1.807) is 48.5 Å². The normalized spacial score (nSPS) is 11.7. The Morgan fingerprint density at radius 2 is 2.00 bits per heavy atom. The predicted molar refractivity (Wildman–Crippen MR) is 80.3 cm³/mol. The van der Waals surface area contributed by atoms with Crippen LogP contribution in [0.15, 0.2) is 48.5 Å². The van der Waals surface area contributed by atoms with E-state index < -0.39 is 11.9 Å². The van der Waals surface area contributed by atoms with Crippen molar-refractivity contribution in [3.05, 3.63) is 59.1 Å². The van der Waals surface area contributed by atoms with Crippen LogP contribution in [0.2, 0.25) is 5.02 Å². The summed E-state index contributed by atoms with van der Waals surface area (Å²) in [5.41, 5.74) is 0.578. The van der Waals surface area contributed by atoms with E-state index in [0.29, 0.717) is 22.1 Å². The molecule has 0 aliphatic carbocycles. The van der Waals surface area contributed by atoms with E-state index in [1.165, 1.54) is 7.11 Å². The molecule has 21 heavy (non-hydrogen) atoms. The number of para-hydroxylation sites is 1. The van der Waals surface area contributed by atoms with Gasteiger partial charge in [0.2, 0.25) is 0 Å². The first-order chi connectivity index (χ1) is 10.1. The molecule has 110 valence electrons. The summed E-state index contributed by atoms with van der Waals surface area (Å²) in [7, 11) is 1.51. The highest BCUT2D eigenvalue weighted by Gasteiger charge is 2.24. The first-order valence-corrected chi connectivity index (χ1v) is 6.73. The molecule has 0 aliphatic rings. The van der Waals surface area contributed by atoms with Gasteiger partial charge < -0.3 is 14.6 Å². The molecule has 0 aromatic heterocycles. The van der Waals surface area contributed by atoms with Gasteiger partial charge in [0.1, 0.15) is 24.0 Å². The lowest BCUT2D eigenvalue weighted by molar-refractivity contribution is -0.139. The third kappa shape index (κ3) is 3.89. The second-order valence-electron chi connectivity index (χ2n) is 4.40. The molecule has 0 aliphatic heterocycles. The second-order valence-corrected chi connectivity index (χ2v) is 4.84. The maximum atomic E-state index is 11.5. The Kier molecular flexibility index (Phi) is 5.06. The summed E-state index contributed by atoms with van der Waals surface area (Å²) in [6, 6.07) is 13.9. The number of hydrogen-bond donors (Lipinski definition) is 1. The number of hydrogen-bond acceptors (Lipinski definition) is 3. The number of ether oxygens (including phenoxy) is 2.